The molecule has 3 rings (SSSR count). The van der Waals surface area contributed by atoms with Crippen LogP contribution in [0.1, 0.15) is 41.9 Å². The summed E-state index contributed by atoms with van der Waals surface area (Å²) >= 11 is 7.72. The van der Waals surface area contributed by atoms with Crippen molar-refractivity contribution in [3.8, 4) is 0 Å². The fourth-order valence-electron chi connectivity index (χ4n) is 1.84. The number of hydrogen-bond donors (Lipinski definition) is 0. The number of hydrogen-bond acceptors (Lipinski definition) is 4. The maximum absolute atomic E-state index is 11.7. The fraction of sp³-hybridized carbons (Fsp3) is 0.455. The molecule has 0 N–H and O–H groups in total. The molecule has 0 radical (unpaired) electrons. The number of nitrogens with zero attached hydrogens (tertiary/aromatic N) is 2. The zero-order valence-corrected chi connectivity index (χ0v) is 10.8. The lowest BCUT2D eigenvalue weighted by atomic mass is 10.3. The van der Waals surface area contributed by atoms with Gasteiger partial charge in [0.1, 0.15) is 5.15 Å². The number of halogens is 1. The monoisotopic (exact) mass is 270 g/mol. The molecule has 0 aromatic carbocycles. The van der Waals surface area contributed by atoms with E-state index in [4.69, 9.17) is 16.3 Å². The number of aromatic nitrogens is 2. The van der Waals surface area contributed by atoms with Crippen molar-refractivity contribution in [2.45, 2.75) is 25.7 Å². The van der Waals surface area contributed by atoms with Crippen LogP contribution in [-0.2, 0) is 4.74 Å². The highest BCUT2D eigenvalue weighted by molar-refractivity contribution is 7.15. The van der Waals surface area contributed by atoms with Gasteiger partial charge in [-0.3, -0.25) is 4.40 Å². The molecule has 0 amide bonds. The van der Waals surface area contributed by atoms with Crippen LogP contribution >= 0.6 is 22.9 Å². The third-order valence-electron chi connectivity index (χ3n) is 2.80. The molecule has 1 aliphatic rings. The van der Waals surface area contributed by atoms with Crippen LogP contribution in [0, 0.1) is 0 Å². The molecule has 0 spiro atoms. The molecule has 0 bridgehead atoms. The van der Waals surface area contributed by atoms with Crippen molar-refractivity contribution >= 4 is 33.9 Å². The summed E-state index contributed by atoms with van der Waals surface area (Å²) < 4.78 is 6.80. The summed E-state index contributed by atoms with van der Waals surface area (Å²) in [4.78, 5) is 16.7. The molecule has 0 unspecified atom stereocenters. The second-order valence-electron chi connectivity index (χ2n) is 4.02. The number of ether oxygens (including phenoxy) is 1. The van der Waals surface area contributed by atoms with Crippen molar-refractivity contribution in [3.05, 3.63) is 21.9 Å². The molecule has 1 saturated carbocycles. The summed E-state index contributed by atoms with van der Waals surface area (Å²) in [7, 11) is 0. The summed E-state index contributed by atoms with van der Waals surface area (Å²) in [6.45, 7) is 2.09. The van der Waals surface area contributed by atoms with E-state index < -0.39 is 5.97 Å². The maximum atomic E-state index is 11.7. The maximum Gasteiger partial charge on any atom is 0.360 e. The number of rotatable bonds is 3. The number of imidazole rings is 1. The highest BCUT2D eigenvalue weighted by atomic mass is 35.5. The van der Waals surface area contributed by atoms with E-state index in [0.29, 0.717) is 17.7 Å². The molecule has 2 aromatic rings. The molecule has 0 saturated heterocycles. The third-order valence-corrected chi connectivity index (χ3v) is 3.99. The first-order chi connectivity index (χ1) is 8.22. The molecule has 90 valence electrons. The average molecular weight is 271 g/mol. The first-order valence-corrected chi connectivity index (χ1v) is 6.80. The molecule has 4 nitrogen and oxygen atoms in total. The number of carbonyl (C=O) groups excluding carboxylic acids is 1. The zero-order chi connectivity index (χ0) is 12.0. The van der Waals surface area contributed by atoms with Crippen molar-refractivity contribution in [1.82, 2.24) is 9.38 Å². The van der Waals surface area contributed by atoms with Gasteiger partial charge in [-0.25, -0.2) is 9.78 Å². The van der Waals surface area contributed by atoms with Gasteiger partial charge in [0, 0.05) is 17.0 Å². The van der Waals surface area contributed by atoms with Crippen molar-refractivity contribution in [2.24, 2.45) is 0 Å². The zero-order valence-electron chi connectivity index (χ0n) is 9.27. The Morgan fingerprint density at radius 1 is 1.71 bits per heavy atom. The topological polar surface area (TPSA) is 43.6 Å². The molecule has 1 fully saturated rings. The molecule has 2 heterocycles. The van der Waals surface area contributed by atoms with Gasteiger partial charge in [0.05, 0.1) is 6.61 Å². The molecule has 1 aliphatic carbocycles. The summed E-state index contributed by atoms with van der Waals surface area (Å²) in [5.74, 6) is 0.126. The van der Waals surface area contributed by atoms with Crippen LogP contribution in [0.25, 0.3) is 4.96 Å². The van der Waals surface area contributed by atoms with E-state index in [9.17, 15) is 4.79 Å². The molecule has 0 atom stereocenters. The summed E-state index contributed by atoms with van der Waals surface area (Å²) in [5.41, 5.74) is 1.39. The van der Waals surface area contributed by atoms with Crippen molar-refractivity contribution in [2.75, 3.05) is 6.61 Å². The van der Waals surface area contributed by atoms with Crippen LogP contribution in [0.3, 0.4) is 0 Å². The summed E-state index contributed by atoms with van der Waals surface area (Å²) in [5, 5.41) is 2.45. The Bertz CT molecular complexity index is 586. The number of fused-ring (bicyclic) bond motifs is 1. The van der Waals surface area contributed by atoms with Crippen molar-refractivity contribution in [1.29, 1.82) is 0 Å². The smallest absolute Gasteiger partial charge is 0.360 e. The Balaban J connectivity index is 2.09. The average Bonchev–Trinajstić information content (AvgIpc) is 2.97. The van der Waals surface area contributed by atoms with E-state index in [1.165, 1.54) is 24.2 Å². The van der Waals surface area contributed by atoms with E-state index in [-0.39, 0.29) is 5.69 Å². The normalized spacial score (nSPS) is 15.4. The lowest BCUT2D eigenvalue weighted by molar-refractivity contribution is 0.0520. The summed E-state index contributed by atoms with van der Waals surface area (Å²) in [6.07, 6.45) is 2.38. The fourth-order valence-corrected chi connectivity index (χ4v) is 3.15. The third kappa shape index (κ3) is 1.73. The van der Waals surface area contributed by atoms with Gasteiger partial charge in [0.2, 0.25) is 0 Å². The molecule has 6 heteroatoms. The van der Waals surface area contributed by atoms with Crippen LogP contribution in [-0.4, -0.2) is 22.0 Å². The van der Waals surface area contributed by atoms with Crippen LogP contribution < -0.4 is 0 Å². The first kappa shape index (κ1) is 11.0. The van der Waals surface area contributed by atoms with Crippen LogP contribution in [0.2, 0.25) is 5.15 Å². The van der Waals surface area contributed by atoms with Gasteiger partial charge >= 0.3 is 5.97 Å². The van der Waals surface area contributed by atoms with Crippen LogP contribution in [0.5, 0.6) is 0 Å². The largest absolute Gasteiger partial charge is 0.461 e. The number of carbonyl (C=O) groups is 1. The number of thiazole rings is 1. The Morgan fingerprint density at radius 3 is 3.12 bits per heavy atom. The van der Waals surface area contributed by atoms with E-state index in [0.717, 1.165) is 10.7 Å². The molecular weight excluding hydrogens is 260 g/mol. The lowest BCUT2D eigenvalue weighted by Gasteiger charge is -1.99. The second kappa shape index (κ2) is 3.99. The molecule has 2 aromatic heterocycles. The Morgan fingerprint density at radius 2 is 2.47 bits per heavy atom. The van der Waals surface area contributed by atoms with Gasteiger partial charge in [0.15, 0.2) is 10.7 Å². The quantitative estimate of drug-likeness (QED) is 0.805. The highest BCUT2D eigenvalue weighted by Gasteiger charge is 2.30. The number of esters is 1. The van der Waals surface area contributed by atoms with Crippen molar-refractivity contribution < 1.29 is 9.53 Å². The first-order valence-electron chi connectivity index (χ1n) is 5.54. The minimum atomic E-state index is -0.449. The van der Waals surface area contributed by atoms with Gasteiger partial charge in [-0.05, 0) is 19.8 Å². The van der Waals surface area contributed by atoms with Gasteiger partial charge in [-0.1, -0.05) is 11.6 Å². The Labute approximate surface area is 107 Å². The van der Waals surface area contributed by atoms with Crippen molar-refractivity contribution in [3.63, 3.8) is 0 Å². The predicted octanol–water partition coefficient (Wildman–Crippen LogP) is 3.10. The second-order valence-corrected chi connectivity index (χ2v) is 5.22. The van der Waals surface area contributed by atoms with E-state index in [1.54, 1.807) is 6.92 Å². The Hall–Kier alpha value is -1.07. The standard InChI is InChI=1S/C11H11ClN2O2S/c1-2-16-10(15)8-9(12)14-7(6-3-4-6)5-17-11(14)13-8/h5-6H,2-4H2,1H3. The lowest BCUT2D eigenvalue weighted by Crippen LogP contribution is -2.05. The molecule has 17 heavy (non-hydrogen) atoms. The van der Waals surface area contributed by atoms with Gasteiger partial charge in [0.25, 0.3) is 0 Å². The van der Waals surface area contributed by atoms with Crippen LogP contribution in [0.15, 0.2) is 5.38 Å². The Kier molecular flexibility index (Phi) is 2.60. The SMILES string of the molecule is CCOC(=O)c1nc2scc(C3CC3)n2c1Cl. The highest BCUT2D eigenvalue weighted by Crippen LogP contribution is 2.43. The van der Waals surface area contributed by atoms with E-state index >= 15 is 0 Å². The molecule has 0 aliphatic heterocycles. The predicted molar refractivity (Wildman–Crippen MR) is 66.0 cm³/mol. The van der Waals surface area contributed by atoms with Gasteiger partial charge in [-0.15, -0.1) is 11.3 Å². The molecular formula is C11H11ClN2O2S. The van der Waals surface area contributed by atoms with Gasteiger partial charge < -0.3 is 4.74 Å². The van der Waals surface area contributed by atoms with E-state index in [1.807, 2.05) is 4.40 Å². The minimum absolute atomic E-state index is 0.224. The van der Waals surface area contributed by atoms with Gasteiger partial charge in [-0.2, -0.15) is 0 Å². The van der Waals surface area contributed by atoms with Crippen LogP contribution in [0.4, 0.5) is 0 Å². The summed E-state index contributed by atoms with van der Waals surface area (Å²) in [6, 6.07) is 0. The van der Waals surface area contributed by atoms with E-state index in [2.05, 4.69) is 10.4 Å². The minimum Gasteiger partial charge on any atom is -0.461 e.